The summed E-state index contributed by atoms with van der Waals surface area (Å²) in [5, 5.41) is 8.21. The number of aryl methyl sites for hydroxylation is 1. The highest BCUT2D eigenvalue weighted by molar-refractivity contribution is 5.99. The summed E-state index contributed by atoms with van der Waals surface area (Å²) in [5.41, 5.74) is 1.64. The third-order valence-electron chi connectivity index (χ3n) is 2.91. The summed E-state index contributed by atoms with van der Waals surface area (Å²) in [5.74, 6) is 0.401. The second kappa shape index (κ2) is 7.42. The summed E-state index contributed by atoms with van der Waals surface area (Å²) in [7, 11) is 1.79. The molecule has 5 nitrogen and oxygen atoms in total. The summed E-state index contributed by atoms with van der Waals surface area (Å²) in [6.45, 7) is 2.06. The molecule has 3 N–H and O–H groups in total. The Kier molecular flexibility index (Phi) is 5.32. The Morgan fingerprint density at radius 1 is 1.09 bits per heavy atom. The fourth-order valence-corrected chi connectivity index (χ4v) is 1.81. The Balaban J connectivity index is 1.92. The van der Waals surface area contributed by atoms with Crippen LogP contribution in [-0.2, 0) is 0 Å². The number of anilines is 2. The van der Waals surface area contributed by atoms with E-state index in [1.807, 2.05) is 0 Å². The van der Waals surface area contributed by atoms with Crippen molar-refractivity contribution in [2.24, 2.45) is 0 Å². The second-order valence-corrected chi connectivity index (χ2v) is 4.71. The van der Waals surface area contributed by atoms with Crippen LogP contribution in [0.3, 0.4) is 0 Å². The van der Waals surface area contributed by atoms with Crippen molar-refractivity contribution in [3.05, 3.63) is 53.8 Å². The van der Waals surface area contributed by atoms with Crippen LogP contribution in [0.4, 0.5) is 20.6 Å². The number of halogens is 1. The first-order valence-electron chi connectivity index (χ1n) is 6.80. The molecule has 0 aliphatic rings. The van der Waals surface area contributed by atoms with Crippen molar-refractivity contribution in [3.63, 3.8) is 0 Å². The first-order valence-corrected chi connectivity index (χ1v) is 6.80. The van der Waals surface area contributed by atoms with E-state index in [1.54, 1.807) is 44.3 Å². The van der Waals surface area contributed by atoms with E-state index in [2.05, 4.69) is 16.0 Å². The molecule has 0 saturated heterocycles. The van der Waals surface area contributed by atoms with Crippen molar-refractivity contribution in [2.75, 3.05) is 24.4 Å². The monoisotopic (exact) mass is 303 g/mol. The molecule has 2 aromatic rings. The molecule has 0 heterocycles. The normalized spacial score (nSPS) is 10.1. The molecular weight excluding hydrogens is 285 g/mol. The van der Waals surface area contributed by atoms with Gasteiger partial charge in [-0.05, 0) is 62.0 Å². The van der Waals surface area contributed by atoms with Gasteiger partial charge in [0.05, 0.1) is 0 Å². The number of carbonyl (C=O) groups is 1. The van der Waals surface area contributed by atoms with Crippen LogP contribution in [-0.4, -0.2) is 19.8 Å². The van der Waals surface area contributed by atoms with Gasteiger partial charge in [0.25, 0.3) is 0 Å². The van der Waals surface area contributed by atoms with Gasteiger partial charge in [-0.15, -0.1) is 0 Å². The van der Waals surface area contributed by atoms with E-state index in [9.17, 15) is 9.18 Å². The zero-order chi connectivity index (χ0) is 15.9. The van der Waals surface area contributed by atoms with Crippen LogP contribution in [0.25, 0.3) is 0 Å². The molecule has 0 aliphatic carbocycles. The minimum absolute atomic E-state index is 0.303. The number of rotatable bonds is 5. The highest BCUT2D eigenvalue weighted by Gasteiger charge is 2.05. The van der Waals surface area contributed by atoms with Crippen molar-refractivity contribution < 1.29 is 13.9 Å². The SMILES string of the molecule is CNCOc1ccc(NC(=O)Nc2ccc(F)c(C)c2)cc1. The lowest BCUT2D eigenvalue weighted by Gasteiger charge is -2.09. The van der Waals surface area contributed by atoms with Crippen molar-refractivity contribution in [2.45, 2.75) is 6.92 Å². The molecule has 0 bridgehead atoms. The molecule has 6 heteroatoms. The second-order valence-electron chi connectivity index (χ2n) is 4.71. The van der Waals surface area contributed by atoms with Crippen LogP contribution in [0.2, 0.25) is 0 Å². The molecule has 22 heavy (non-hydrogen) atoms. The number of amides is 2. The van der Waals surface area contributed by atoms with E-state index in [1.165, 1.54) is 12.1 Å². The van der Waals surface area contributed by atoms with E-state index in [-0.39, 0.29) is 5.82 Å². The molecule has 0 saturated carbocycles. The third kappa shape index (κ3) is 4.46. The fraction of sp³-hybridized carbons (Fsp3) is 0.188. The number of ether oxygens (including phenoxy) is 1. The molecule has 2 amide bonds. The third-order valence-corrected chi connectivity index (χ3v) is 2.91. The van der Waals surface area contributed by atoms with Gasteiger partial charge < -0.3 is 15.4 Å². The predicted molar refractivity (Wildman–Crippen MR) is 84.8 cm³/mol. The van der Waals surface area contributed by atoms with Gasteiger partial charge in [-0.2, -0.15) is 0 Å². The summed E-state index contributed by atoms with van der Waals surface area (Å²) < 4.78 is 18.5. The standard InChI is InChI=1S/C16H18FN3O2/c1-11-9-13(5-8-15(11)17)20-16(21)19-12-3-6-14(7-4-12)22-10-18-2/h3-9,18H,10H2,1-2H3,(H2,19,20,21). The van der Waals surface area contributed by atoms with Crippen molar-refractivity contribution in [1.29, 1.82) is 0 Å². The van der Waals surface area contributed by atoms with Crippen LogP contribution in [0, 0.1) is 12.7 Å². The molecule has 0 unspecified atom stereocenters. The Morgan fingerprint density at radius 2 is 1.73 bits per heavy atom. The van der Waals surface area contributed by atoms with E-state index < -0.39 is 6.03 Å². The summed E-state index contributed by atoms with van der Waals surface area (Å²) >= 11 is 0. The average Bonchev–Trinajstić information content (AvgIpc) is 2.50. The number of nitrogens with one attached hydrogen (secondary N) is 3. The minimum atomic E-state index is -0.394. The topological polar surface area (TPSA) is 62.4 Å². The number of carbonyl (C=O) groups excluding carboxylic acids is 1. The zero-order valence-corrected chi connectivity index (χ0v) is 12.4. The Morgan fingerprint density at radius 3 is 2.36 bits per heavy atom. The maximum absolute atomic E-state index is 13.2. The van der Waals surface area contributed by atoms with Gasteiger partial charge in [-0.25, -0.2) is 9.18 Å². The lowest BCUT2D eigenvalue weighted by atomic mass is 10.2. The van der Waals surface area contributed by atoms with Gasteiger partial charge >= 0.3 is 6.03 Å². The first-order chi connectivity index (χ1) is 10.6. The molecule has 0 spiro atoms. The molecule has 0 radical (unpaired) electrons. The Hall–Kier alpha value is -2.60. The Bertz CT molecular complexity index is 644. The van der Waals surface area contributed by atoms with E-state index >= 15 is 0 Å². The molecule has 0 aliphatic heterocycles. The van der Waals surface area contributed by atoms with Crippen molar-refractivity contribution in [1.82, 2.24) is 5.32 Å². The number of benzene rings is 2. The van der Waals surface area contributed by atoms with E-state index in [4.69, 9.17) is 4.74 Å². The van der Waals surface area contributed by atoms with Crippen LogP contribution >= 0.6 is 0 Å². The summed E-state index contributed by atoms with van der Waals surface area (Å²) in [4.78, 5) is 11.9. The molecular formula is C16H18FN3O2. The van der Waals surface area contributed by atoms with E-state index in [0.717, 1.165) is 0 Å². The number of urea groups is 1. The molecule has 0 atom stereocenters. The van der Waals surface area contributed by atoms with Crippen molar-refractivity contribution in [3.8, 4) is 5.75 Å². The largest absolute Gasteiger partial charge is 0.478 e. The molecule has 0 aromatic heterocycles. The lowest BCUT2D eigenvalue weighted by molar-refractivity contribution is 0.262. The van der Waals surface area contributed by atoms with Crippen LogP contribution < -0.4 is 20.7 Å². The Labute approximate surface area is 128 Å². The average molecular weight is 303 g/mol. The van der Waals surface area contributed by atoms with Gasteiger partial charge in [-0.3, -0.25) is 5.32 Å². The highest BCUT2D eigenvalue weighted by Crippen LogP contribution is 2.17. The zero-order valence-electron chi connectivity index (χ0n) is 12.4. The summed E-state index contributed by atoms with van der Waals surface area (Å²) in [6, 6.07) is 11.0. The lowest BCUT2D eigenvalue weighted by Crippen LogP contribution is -2.19. The fourth-order valence-electron chi connectivity index (χ4n) is 1.81. The predicted octanol–water partition coefficient (Wildman–Crippen LogP) is 3.33. The first kappa shape index (κ1) is 15.8. The number of hydrogen-bond acceptors (Lipinski definition) is 3. The summed E-state index contributed by atoms with van der Waals surface area (Å²) in [6.07, 6.45) is 0. The smallest absolute Gasteiger partial charge is 0.323 e. The molecule has 2 aromatic carbocycles. The van der Waals surface area contributed by atoms with Crippen molar-refractivity contribution >= 4 is 17.4 Å². The van der Waals surface area contributed by atoms with Gasteiger partial charge in [0.1, 0.15) is 18.3 Å². The maximum Gasteiger partial charge on any atom is 0.323 e. The van der Waals surface area contributed by atoms with Gasteiger partial charge in [-0.1, -0.05) is 0 Å². The van der Waals surface area contributed by atoms with Crippen LogP contribution in [0.1, 0.15) is 5.56 Å². The van der Waals surface area contributed by atoms with Crippen LogP contribution in [0.5, 0.6) is 5.75 Å². The molecule has 2 rings (SSSR count). The molecule has 0 fully saturated rings. The molecule has 116 valence electrons. The maximum atomic E-state index is 13.2. The van der Waals surface area contributed by atoms with Gasteiger partial charge in [0.15, 0.2) is 0 Å². The number of hydrogen-bond donors (Lipinski definition) is 3. The highest BCUT2D eigenvalue weighted by atomic mass is 19.1. The quantitative estimate of drug-likeness (QED) is 0.742. The van der Waals surface area contributed by atoms with Gasteiger partial charge in [0.2, 0.25) is 0 Å². The minimum Gasteiger partial charge on any atom is -0.478 e. The van der Waals surface area contributed by atoms with E-state index in [0.29, 0.717) is 29.4 Å². The van der Waals surface area contributed by atoms with Gasteiger partial charge in [0, 0.05) is 11.4 Å². The van der Waals surface area contributed by atoms with Crippen LogP contribution in [0.15, 0.2) is 42.5 Å².